The van der Waals surface area contributed by atoms with E-state index in [4.69, 9.17) is 10.3 Å². The first-order valence-corrected chi connectivity index (χ1v) is 6.12. The van der Waals surface area contributed by atoms with E-state index in [0.717, 1.165) is 17.3 Å². The third-order valence-corrected chi connectivity index (χ3v) is 3.82. The van der Waals surface area contributed by atoms with E-state index in [1.807, 2.05) is 25.2 Å². The van der Waals surface area contributed by atoms with Crippen LogP contribution in [0.1, 0.15) is 24.8 Å². The van der Waals surface area contributed by atoms with Gasteiger partial charge in [-0.2, -0.15) is 5.26 Å². The third-order valence-electron chi connectivity index (χ3n) is 3.82. The molecule has 0 amide bonds. The van der Waals surface area contributed by atoms with Gasteiger partial charge in [-0.05, 0) is 50.1 Å². The molecule has 0 aromatic heterocycles. The first kappa shape index (κ1) is 10.5. The quantitative estimate of drug-likeness (QED) is 0.756. The van der Waals surface area contributed by atoms with Crippen LogP contribution < -0.4 is 15.9 Å². The Bertz CT molecular complexity index is 609. The van der Waals surface area contributed by atoms with E-state index in [1.165, 1.54) is 23.6 Å². The van der Waals surface area contributed by atoms with Gasteiger partial charge in [0, 0.05) is 11.3 Å². The van der Waals surface area contributed by atoms with Gasteiger partial charge in [0.2, 0.25) is 0 Å². The maximum absolute atomic E-state index is 8.96. The summed E-state index contributed by atoms with van der Waals surface area (Å²) in [7, 11) is 2.01. The van der Waals surface area contributed by atoms with E-state index in [1.54, 1.807) is 0 Å². The summed E-state index contributed by atoms with van der Waals surface area (Å²) in [5.74, 6) is 0. The molecule has 1 heterocycles. The standard InChI is InChI=1S/C14H15N3/c1-16-13-4-2-3-10-11-7-9(8-15)5-6-12(11)17-14(10)13/h5-7,13-14,16H,2-4H2,1H3/t13-,14-/m0/s1. The molecular formula is C14H15N3. The van der Waals surface area contributed by atoms with E-state index in [9.17, 15) is 0 Å². The van der Waals surface area contributed by atoms with Gasteiger partial charge in [-0.15, -0.1) is 0 Å². The fourth-order valence-electron chi connectivity index (χ4n) is 2.95. The van der Waals surface area contributed by atoms with Crippen molar-refractivity contribution in [1.29, 1.82) is 5.26 Å². The summed E-state index contributed by atoms with van der Waals surface area (Å²) >= 11 is 0. The van der Waals surface area contributed by atoms with Crippen LogP contribution in [0.3, 0.4) is 0 Å². The van der Waals surface area contributed by atoms with Gasteiger partial charge < -0.3 is 5.32 Å². The average Bonchev–Trinajstić information content (AvgIpc) is 2.76. The third kappa shape index (κ3) is 1.57. The molecular weight excluding hydrogens is 210 g/mol. The molecule has 0 bridgehead atoms. The number of benzene rings is 1. The van der Waals surface area contributed by atoms with E-state index in [-0.39, 0.29) is 6.04 Å². The molecule has 3 heteroatoms. The normalized spacial score (nSPS) is 25.8. The number of rotatable bonds is 1. The minimum absolute atomic E-state index is 0.290. The van der Waals surface area contributed by atoms with E-state index >= 15 is 0 Å². The molecule has 2 aliphatic rings. The van der Waals surface area contributed by atoms with Gasteiger partial charge in [-0.3, -0.25) is 4.99 Å². The SMILES string of the molecule is CN[C@H]1CCCC2=c3cc(C#N)ccc3=N[C@@H]21. The summed E-state index contributed by atoms with van der Waals surface area (Å²) in [5, 5.41) is 14.6. The smallest absolute Gasteiger partial charge is 0.0991 e. The molecule has 1 aliphatic carbocycles. The summed E-state index contributed by atoms with van der Waals surface area (Å²) in [4.78, 5) is 4.79. The zero-order valence-electron chi connectivity index (χ0n) is 9.90. The van der Waals surface area contributed by atoms with Crippen LogP contribution >= 0.6 is 0 Å². The Morgan fingerprint density at radius 3 is 3.12 bits per heavy atom. The van der Waals surface area contributed by atoms with Crippen molar-refractivity contribution in [1.82, 2.24) is 5.32 Å². The Balaban J connectivity index is 2.19. The topological polar surface area (TPSA) is 48.2 Å². The van der Waals surface area contributed by atoms with Gasteiger partial charge in [-0.1, -0.05) is 0 Å². The van der Waals surface area contributed by atoms with Gasteiger partial charge in [-0.25, -0.2) is 0 Å². The summed E-state index contributed by atoms with van der Waals surface area (Å²) in [6.45, 7) is 0. The number of fused-ring (bicyclic) bond motifs is 2. The molecule has 1 fully saturated rings. The van der Waals surface area contributed by atoms with Gasteiger partial charge >= 0.3 is 0 Å². The highest BCUT2D eigenvalue weighted by Crippen LogP contribution is 2.27. The molecule has 1 aliphatic heterocycles. The molecule has 86 valence electrons. The molecule has 1 N–H and O–H groups in total. The van der Waals surface area contributed by atoms with Crippen molar-refractivity contribution in [3.63, 3.8) is 0 Å². The zero-order chi connectivity index (χ0) is 11.8. The van der Waals surface area contributed by atoms with Crippen molar-refractivity contribution >= 4 is 5.57 Å². The molecule has 3 rings (SSSR count). The second-order valence-corrected chi connectivity index (χ2v) is 4.73. The van der Waals surface area contributed by atoms with Crippen LogP contribution in [0.5, 0.6) is 0 Å². The van der Waals surface area contributed by atoms with Crippen molar-refractivity contribution in [3.05, 3.63) is 34.3 Å². The number of hydrogen-bond acceptors (Lipinski definition) is 3. The number of nitrogens with zero attached hydrogens (tertiary/aromatic N) is 2. The average molecular weight is 225 g/mol. The highest BCUT2D eigenvalue weighted by molar-refractivity contribution is 5.56. The number of likely N-dealkylation sites (N-methyl/N-ethyl adjacent to an activating group) is 1. The van der Waals surface area contributed by atoms with Crippen LogP contribution in [0.2, 0.25) is 0 Å². The van der Waals surface area contributed by atoms with Crippen LogP contribution in [-0.2, 0) is 0 Å². The Morgan fingerprint density at radius 2 is 2.35 bits per heavy atom. The Hall–Kier alpha value is -1.66. The molecule has 3 nitrogen and oxygen atoms in total. The molecule has 0 unspecified atom stereocenters. The van der Waals surface area contributed by atoms with E-state index in [0.29, 0.717) is 6.04 Å². The first-order valence-electron chi connectivity index (χ1n) is 6.12. The summed E-state index contributed by atoms with van der Waals surface area (Å²) in [5.41, 5.74) is 2.15. The number of hydrogen-bond donors (Lipinski definition) is 1. The maximum Gasteiger partial charge on any atom is 0.0991 e. The fourth-order valence-corrected chi connectivity index (χ4v) is 2.95. The van der Waals surface area contributed by atoms with Crippen LogP contribution in [0.4, 0.5) is 0 Å². The van der Waals surface area contributed by atoms with Crippen molar-refractivity contribution in [3.8, 4) is 6.07 Å². The lowest BCUT2D eigenvalue weighted by Crippen LogP contribution is -2.39. The minimum atomic E-state index is 0.290. The van der Waals surface area contributed by atoms with Crippen LogP contribution in [0, 0.1) is 11.3 Å². The predicted octanol–water partition coefficient (Wildman–Crippen LogP) is 0.483. The fraction of sp³-hybridized carbons (Fsp3) is 0.429. The second kappa shape index (κ2) is 3.97. The zero-order valence-corrected chi connectivity index (χ0v) is 9.90. The molecule has 1 aromatic carbocycles. The number of nitriles is 1. The molecule has 1 saturated carbocycles. The Morgan fingerprint density at radius 1 is 1.47 bits per heavy atom. The second-order valence-electron chi connectivity index (χ2n) is 4.73. The lowest BCUT2D eigenvalue weighted by atomic mass is 9.86. The molecule has 0 saturated heterocycles. The van der Waals surface area contributed by atoms with E-state index < -0.39 is 0 Å². The van der Waals surface area contributed by atoms with Crippen LogP contribution in [0.15, 0.2) is 23.2 Å². The summed E-state index contributed by atoms with van der Waals surface area (Å²) in [6, 6.07) is 8.78. The van der Waals surface area contributed by atoms with Gasteiger partial charge in [0.1, 0.15) is 0 Å². The first-order chi connectivity index (χ1) is 8.33. The molecule has 17 heavy (non-hydrogen) atoms. The highest BCUT2D eigenvalue weighted by atomic mass is 15.0. The molecule has 0 spiro atoms. The maximum atomic E-state index is 8.96. The lowest BCUT2D eigenvalue weighted by Gasteiger charge is -2.28. The summed E-state index contributed by atoms with van der Waals surface area (Å²) < 4.78 is 0. The predicted molar refractivity (Wildman–Crippen MR) is 65.8 cm³/mol. The molecule has 1 aromatic rings. The van der Waals surface area contributed by atoms with Crippen molar-refractivity contribution < 1.29 is 0 Å². The number of nitrogens with one attached hydrogen (secondary N) is 1. The van der Waals surface area contributed by atoms with Gasteiger partial charge in [0.25, 0.3) is 0 Å². The monoisotopic (exact) mass is 225 g/mol. The van der Waals surface area contributed by atoms with Crippen molar-refractivity contribution in [2.45, 2.75) is 31.3 Å². The van der Waals surface area contributed by atoms with E-state index in [2.05, 4.69) is 11.4 Å². The largest absolute Gasteiger partial charge is 0.315 e. The highest BCUT2D eigenvalue weighted by Gasteiger charge is 2.30. The Labute approximate surface area is 100 Å². The van der Waals surface area contributed by atoms with Crippen molar-refractivity contribution in [2.75, 3.05) is 7.05 Å². The van der Waals surface area contributed by atoms with Crippen molar-refractivity contribution in [2.24, 2.45) is 4.99 Å². The van der Waals surface area contributed by atoms with Gasteiger partial charge in [0.05, 0.1) is 23.0 Å². The Kier molecular flexibility index (Phi) is 2.45. The summed E-state index contributed by atoms with van der Waals surface area (Å²) in [6.07, 6.45) is 3.52. The molecule has 2 atom stereocenters. The minimum Gasteiger partial charge on any atom is -0.315 e. The van der Waals surface area contributed by atoms with Gasteiger partial charge in [0.15, 0.2) is 0 Å². The lowest BCUT2D eigenvalue weighted by molar-refractivity contribution is 0.440. The molecule has 0 radical (unpaired) electrons. The van der Waals surface area contributed by atoms with Crippen LogP contribution in [0.25, 0.3) is 5.57 Å². The van der Waals surface area contributed by atoms with Crippen LogP contribution in [-0.4, -0.2) is 19.1 Å².